The Balaban J connectivity index is 2.74. The van der Waals surface area contributed by atoms with E-state index in [9.17, 15) is 9.18 Å². The van der Waals surface area contributed by atoms with Gasteiger partial charge in [-0.1, -0.05) is 18.2 Å². The van der Waals surface area contributed by atoms with Crippen molar-refractivity contribution in [1.82, 2.24) is 9.97 Å². The lowest BCUT2D eigenvalue weighted by Crippen LogP contribution is -2.16. The molecule has 0 spiro atoms. The summed E-state index contributed by atoms with van der Waals surface area (Å²) in [5.74, 6) is -0.399. The van der Waals surface area contributed by atoms with Crippen molar-refractivity contribution in [1.29, 1.82) is 0 Å². The normalized spacial score (nSPS) is 10.6. The number of halogens is 1. The first-order chi connectivity index (χ1) is 8.00. The minimum atomic E-state index is -0.819. The molecule has 0 amide bonds. The summed E-state index contributed by atoms with van der Waals surface area (Å²) in [4.78, 5) is 18.0. The fourth-order valence-corrected chi connectivity index (χ4v) is 1.88. The van der Waals surface area contributed by atoms with Crippen LogP contribution < -0.4 is 5.56 Å². The van der Waals surface area contributed by atoms with Crippen LogP contribution in [0.4, 0.5) is 4.39 Å². The summed E-state index contributed by atoms with van der Waals surface area (Å²) in [6.45, 7) is 5.35. The summed E-state index contributed by atoms with van der Waals surface area (Å²) in [5.41, 5.74) is 2.24. The zero-order valence-electron chi connectivity index (χ0n) is 9.97. The first-order valence-electron chi connectivity index (χ1n) is 5.33. The molecule has 0 bridgehead atoms. The Morgan fingerprint density at radius 1 is 1.18 bits per heavy atom. The maximum Gasteiger partial charge on any atom is 0.287 e. The minimum Gasteiger partial charge on any atom is -0.304 e. The van der Waals surface area contributed by atoms with Crippen LogP contribution in [0.3, 0.4) is 0 Å². The van der Waals surface area contributed by atoms with Crippen LogP contribution in [0, 0.1) is 26.6 Å². The van der Waals surface area contributed by atoms with Gasteiger partial charge in [0.15, 0.2) is 0 Å². The molecule has 4 heteroatoms. The molecule has 1 aromatic carbocycles. The third-order valence-corrected chi connectivity index (χ3v) is 2.75. The van der Waals surface area contributed by atoms with Gasteiger partial charge in [0, 0.05) is 5.56 Å². The number of nitrogens with one attached hydrogen (secondary N) is 1. The number of aromatic amines is 1. The average Bonchev–Trinajstić information content (AvgIpc) is 2.25. The number of hydrogen-bond acceptors (Lipinski definition) is 2. The van der Waals surface area contributed by atoms with Crippen LogP contribution in [0.2, 0.25) is 0 Å². The van der Waals surface area contributed by atoms with Crippen LogP contribution in [0.5, 0.6) is 0 Å². The predicted molar refractivity (Wildman–Crippen MR) is 64.5 cm³/mol. The second-order valence-corrected chi connectivity index (χ2v) is 4.08. The number of aryl methyl sites for hydroxylation is 3. The van der Waals surface area contributed by atoms with E-state index in [0.717, 1.165) is 16.7 Å². The summed E-state index contributed by atoms with van der Waals surface area (Å²) >= 11 is 0. The monoisotopic (exact) mass is 232 g/mol. The van der Waals surface area contributed by atoms with Crippen molar-refractivity contribution in [3.05, 3.63) is 51.2 Å². The van der Waals surface area contributed by atoms with E-state index in [1.807, 2.05) is 32.0 Å². The topological polar surface area (TPSA) is 45.8 Å². The maximum absolute atomic E-state index is 13.2. The van der Waals surface area contributed by atoms with E-state index in [2.05, 4.69) is 9.97 Å². The van der Waals surface area contributed by atoms with Crippen LogP contribution in [0.1, 0.15) is 16.8 Å². The Morgan fingerprint density at radius 3 is 2.29 bits per heavy atom. The fourth-order valence-electron chi connectivity index (χ4n) is 1.88. The van der Waals surface area contributed by atoms with Gasteiger partial charge in [-0.2, -0.15) is 4.39 Å². The Bertz CT molecular complexity index is 612. The quantitative estimate of drug-likeness (QED) is 0.821. The summed E-state index contributed by atoms with van der Waals surface area (Å²) in [7, 11) is 0. The molecule has 17 heavy (non-hydrogen) atoms. The number of H-pyrrole nitrogens is 1. The van der Waals surface area contributed by atoms with Crippen molar-refractivity contribution >= 4 is 0 Å². The highest BCUT2D eigenvalue weighted by Crippen LogP contribution is 2.23. The Labute approximate surface area is 98.3 Å². The van der Waals surface area contributed by atoms with Gasteiger partial charge in [-0.15, -0.1) is 0 Å². The SMILES string of the molecule is Cc1cccc(C)c1-c1nc(C)c(F)c(=O)[nH]1. The van der Waals surface area contributed by atoms with Crippen molar-refractivity contribution < 1.29 is 4.39 Å². The van der Waals surface area contributed by atoms with Crippen molar-refractivity contribution in [2.45, 2.75) is 20.8 Å². The van der Waals surface area contributed by atoms with Crippen LogP contribution in [-0.2, 0) is 0 Å². The highest BCUT2D eigenvalue weighted by molar-refractivity contribution is 5.64. The molecule has 0 aliphatic rings. The molecule has 0 atom stereocenters. The molecular formula is C13H13FN2O. The van der Waals surface area contributed by atoms with E-state index >= 15 is 0 Å². The molecule has 2 aromatic rings. The number of hydrogen-bond donors (Lipinski definition) is 1. The van der Waals surface area contributed by atoms with Crippen LogP contribution in [0.15, 0.2) is 23.0 Å². The third kappa shape index (κ3) is 1.98. The lowest BCUT2D eigenvalue weighted by atomic mass is 10.0. The lowest BCUT2D eigenvalue weighted by Gasteiger charge is -2.09. The fraction of sp³-hybridized carbons (Fsp3) is 0.231. The lowest BCUT2D eigenvalue weighted by molar-refractivity contribution is 0.589. The van der Waals surface area contributed by atoms with Gasteiger partial charge >= 0.3 is 0 Å². The van der Waals surface area contributed by atoms with Gasteiger partial charge in [-0.3, -0.25) is 4.79 Å². The number of rotatable bonds is 1. The number of nitrogens with zero attached hydrogens (tertiary/aromatic N) is 1. The maximum atomic E-state index is 13.2. The molecule has 0 aliphatic heterocycles. The van der Waals surface area contributed by atoms with Gasteiger partial charge < -0.3 is 4.98 Å². The van der Waals surface area contributed by atoms with Crippen LogP contribution in [0.25, 0.3) is 11.4 Å². The van der Waals surface area contributed by atoms with E-state index in [4.69, 9.17) is 0 Å². The van der Waals surface area contributed by atoms with E-state index in [0.29, 0.717) is 5.82 Å². The van der Waals surface area contributed by atoms with Crippen molar-refractivity contribution in [3.63, 3.8) is 0 Å². The zero-order valence-corrected chi connectivity index (χ0v) is 9.97. The van der Waals surface area contributed by atoms with E-state index in [1.165, 1.54) is 6.92 Å². The molecule has 88 valence electrons. The van der Waals surface area contributed by atoms with Gasteiger partial charge in [0.2, 0.25) is 5.82 Å². The molecule has 0 saturated carbocycles. The van der Waals surface area contributed by atoms with Crippen molar-refractivity contribution in [3.8, 4) is 11.4 Å². The summed E-state index contributed by atoms with van der Waals surface area (Å²) < 4.78 is 13.2. The third-order valence-electron chi connectivity index (χ3n) is 2.75. The molecule has 1 aromatic heterocycles. The smallest absolute Gasteiger partial charge is 0.287 e. The first-order valence-corrected chi connectivity index (χ1v) is 5.33. The molecule has 0 radical (unpaired) electrons. The molecule has 0 saturated heterocycles. The summed E-state index contributed by atoms with van der Waals surface area (Å²) in [6.07, 6.45) is 0. The Hall–Kier alpha value is -1.97. The van der Waals surface area contributed by atoms with E-state index in [1.54, 1.807) is 0 Å². The molecule has 0 unspecified atom stereocenters. The highest BCUT2D eigenvalue weighted by Gasteiger charge is 2.11. The largest absolute Gasteiger partial charge is 0.304 e. The summed E-state index contributed by atoms with van der Waals surface area (Å²) in [5, 5.41) is 0. The molecule has 3 nitrogen and oxygen atoms in total. The molecule has 1 N–H and O–H groups in total. The summed E-state index contributed by atoms with van der Waals surface area (Å²) in [6, 6.07) is 5.80. The van der Waals surface area contributed by atoms with Crippen molar-refractivity contribution in [2.75, 3.05) is 0 Å². The zero-order chi connectivity index (χ0) is 12.6. The van der Waals surface area contributed by atoms with Gasteiger partial charge in [0.1, 0.15) is 5.82 Å². The molecular weight excluding hydrogens is 219 g/mol. The highest BCUT2D eigenvalue weighted by atomic mass is 19.1. The Kier molecular flexibility index (Phi) is 2.79. The van der Waals surface area contributed by atoms with Gasteiger partial charge in [-0.05, 0) is 31.9 Å². The second kappa shape index (κ2) is 4.13. The van der Waals surface area contributed by atoms with Crippen molar-refractivity contribution in [2.24, 2.45) is 0 Å². The second-order valence-electron chi connectivity index (χ2n) is 4.08. The number of benzene rings is 1. The molecule has 0 aliphatic carbocycles. The van der Waals surface area contributed by atoms with Gasteiger partial charge in [0.25, 0.3) is 5.56 Å². The molecule has 1 heterocycles. The van der Waals surface area contributed by atoms with Gasteiger partial charge in [-0.25, -0.2) is 4.98 Å². The standard InChI is InChI=1S/C13H13FN2O/c1-7-5-4-6-8(2)10(7)12-15-9(3)11(14)13(17)16-12/h4-6H,1-3H3,(H,15,16,17). The first kappa shape index (κ1) is 11.5. The molecule has 0 fully saturated rings. The van der Waals surface area contributed by atoms with E-state index < -0.39 is 11.4 Å². The average molecular weight is 232 g/mol. The van der Waals surface area contributed by atoms with Crippen LogP contribution in [-0.4, -0.2) is 9.97 Å². The van der Waals surface area contributed by atoms with E-state index in [-0.39, 0.29) is 5.69 Å². The number of aromatic nitrogens is 2. The predicted octanol–water partition coefficient (Wildman–Crippen LogP) is 2.50. The Morgan fingerprint density at radius 2 is 1.76 bits per heavy atom. The molecule has 2 rings (SSSR count). The van der Waals surface area contributed by atoms with Crippen LogP contribution >= 0.6 is 0 Å². The van der Waals surface area contributed by atoms with Gasteiger partial charge in [0.05, 0.1) is 5.69 Å². The minimum absolute atomic E-state index is 0.117.